The van der Waals surface area contributed by atoms with Crippen molar-refractivity contribution in [3.05, 3.63) is 87.9 Å². The van der Waals surface area contributed by atoms with Gasteiger partial charge < -0.3 is 9.47 Å². The summed E-state index contributed by atoms with van der Waals surface area (Å²) in [5.74, 6) is -0.652. The van der Waals surface area contributed by atoms with Gasteiger partial charge in [-0.3, -0.25) is 0 Å². The SMILES string of the molecule is Fc1cc(F)cc(Oc2ccc(Cl)c(OCc3ccc(Cl)cc3)c2)c1. The van der Waals surface area contributed by atoms with Gasteiger partial charge in [-0.2, -0.15) is 0 Å². The number of hydrogen-bond donors (Lipinski definition) is 0. The Bertz CT molecular complexity index is 863. The van der Waals surface area contributed by atoms with Crippen molar-refractivity contribution in [3.63, 3.8) is 0 Å². The van der Waals surface area contributed by atoms with Crippen molar-refractivity contribution in [1.29, 1.82) is 0 Å². The Morgan fingerprint density at radius 2 is 1.44 bits per heavy atom. The molecule has 0 aliphatic rings. The van der Waals surface area contributed by atoms with Crippen molar-refractivity contribution in [2.75, 3.05) is 0 Å². The van der Waals surface area contributed by atoms with E-state index in [0.717, 1.165) is 23.8 Å². The molecule has 0 aliphatic carbocycles. The molecule has 0 bridgehead atoms. The maximum Gasteiger partial charge on any atom is 0.142 e. The molecule has 0 fully saturated rings. The van der Waals surface area contributed by atoms with Gasteiger partial charge in [0.05, 0.1) is 5.02 Å². The smallest absolute Gasteiger partial charge is 0.142 e. The van der Waals surface area contributed by atoms with Crippen molar-refractivity contribution < 1.29 is 18.3 Å². The van der Waals surface area contributed by atoms with Crippen molar-refractivity contribution in [2.24, 2.45) is 0 Å². The first-order valence-corrected chi connectivity index (χ1v) is 8.06. The molecule has 0 unspecified atom stereocenters. The molecule has 0 N–H and O–H groups in total. The highest BCUT2D eigenvalue weighted by atomic mass is 35.5. The standard InChI is InChI=1S/C19H12Cl2F2O2/c20-13-3-1-12(2-4-13)11-24-19-10-16(5-6-18(19)21)25-17-8-14(22)7-15(23)9-17/h1-10H,11H2. The van der Waals surface area contributed by atoms with Crippen LogP contribution in [0.3, 0.4) is 0 Å². The zero-order chi connectivity index (χ0) is 17.8. The topological polar surface area (TPSA) is 18.5 Å². The highest BCUT2D eigenvalue weighted by Gasteiger charge is 2.08. The van der Waals surface area contributed by atoms with E-state index < -0.39 is 11.6 Å². The zero-order valence-corrected chi connectivity index (χ0v) is 14.3. The molecule has 0 aromatic heterocycles. The Morgan fingerprint density at radius 3 is 2.12 bits per heavy atom. The molecule has 3 aromatic rings. The molecule has 25 heavy (non-hydrogen) atoms. The van der Waals surface area contributed by atoms with Crippen LogP contribution < -0.4 is 9.47 Å². The third-order valence-electron chi connectivity index (χ3n) is 3.28. The molecule has 2 nitrogen and oxygen atoms in total. The van der Waals surface area contributed by atoms with Crippen molar-refractivity contribution in [1.82, 2.24) is 0 Å². The van der Waals surface area contributed by atoms with Gasteiger partial charge in [0.1, 0.15) is 35.5 Å². The van der Waals surface area contributed by atoms with Gasteiger partial charge in [0.15, 0.2) is 0 Å². The second kappa shape index (κ2) is 7.72. The average Bonchev–Trinajstić information content (AvgIpc) is 2.56. The lowest BCUT2D eigenvalue weighted by atomic mass is 10.2. The fraction of sp³-hybridized carbons (Fsp3) is 0.0526. The number of hydrogen-bond acceptors (Lipinski definition) is 2. The summed E-state index contributed by atoms with van der Waals surface area (Å²) in [6, 6.07) is 14.9. The highest BCUT2D eigenvalue weighted by Crippen LogP contribution is 2.32. The minimum Gasteiger partial charge on any atom is -0.487 e. The molecular formula is C19H12Cl2F2O2. The van der Waals surface area contributed by atoms with Gasteiger partial charge in [0.25, 0.3) is 0 Å². The summed E-state index contributed by atoms with van der Waals surface area (Å²) in [7, 11) is 0. The van der Waals surface area contributed by atoms with E-state index in [9.17, 15) is 8.78 Å². The summed E-state index contributed by atoms with van der Waals surface area (Å²) in [5, 5.41) is 1.03. The van der Waals surface area contributed by atoms with Crippen LogP contribution in [0.25, 0.3) is 0 Å². The van der Waals surface area contributed by atoms with Gasteiger partial charge in [-0.25, -0.2) is 8.78 Å². The van der Waals surface area contributed by atoms with Crippen LogP contribution in [0.1, 0.15) is 5.56 Å². The van der Waals surface area contributed by atoms with E-state index >= 15 is 0 Å². The van der Waals surface area contributed by atoms with E-state index in [1.165, 1.54) is 0 Å². The Kier molecular flexibility index (Phi) is 5.41. The van der Waals surface area contributed by atoms with Gasteiger partial charge in [0.2, 0.25) is 0 Å². The first-order chi connectivity index (χ1) is 12.0. The van der Waals surface area contributed by atoms with Crippen LogP contribution in [-0.2, 0) is 6.61 Å². The maximum atomic E-state index is 13.2. The van der Waals surface area contributed by atoms with E-state index in [0.29, 0.717) is 21.5 Å². The predicted molar refractivity (Wildman–Crippen MR) is 93.7 cm³/mol. The molecule has 3 rings (SSSR count). The monoisotopic (exact) mass is 380 g/mol. The van der Waals surface area contributed by atoms with Crippen molar-refractivity contribution in [2.45, 2.75) is 6.61 Å². The molecular weight excluding hydrogens is 369 g/mol. The number of ether oxygens (including phenoxy) is 2. The van der Waals surface area contributed by atoms with Crippen LogP contribution in [0.2, 0.25) is 10.0 Å². The molecule has 0 heterocycles. The maximum absolute atomic E-state index is 13.2. The lowest BCUT2D eigenvalue weighted by molar-refractivity contribution is 0.305. The van der Waals surface area contributed by atoms with E-state index in [1.807, 2.05) is 12.1 Å². The van der Waals surface area contributed by atoms with Crippen LogP contribution in [0.15, 0.2) is 60.7 Å². The molecule has 0 spiro atoms. The molecule has 0 saturated carbocycles. The van der Waals surface area contributed by atoms with Gasteiger partial charge >= 0.3 is 0 Å². The largest absolute Gasteiger partial charge is 0.487 e. The predicted octanol–water partition coefficient (Wildman–Crippen LogP) is 6.64. The fourth-order valence-corrected chi connectivity index (χ4v) is 2.42. The minimum atomic E-state index is -0.719. The lowest BCUT2D eigenvalue weighted by Crippen LogP contribution is -1.96. The number of rotatable bonds is 5. The first kappa shape index (κ1) is 17.5. The van der Waals surface area contributed by atoms with Gasteiger partial charge in [-0.1, -0.05) is 35.3 Å². The molecule has 0 amide bonds. The minimum absolute atomic E-state index is 0.0449. The lowest BCUT2D eigenvalue weighted by Gasteiger charge is -2.11. The Labute approximate surface area is 153 Å². The quantitative estimate of drug-likeness (QED) is 0.493. The van der Waals surface area contributed by atoms with Crippen LogP contribution in [0, 0.1) is 11.6 Å². The third-order valence-corrected chi connectivity index (χ3v) is 3.85. The van der Waals surface area contributed by atoms with E-state index in [-0.39, 0.29) is 12.4 Å². The second-order valence-corrected chi connectivity index (χ2v) is 6.06. The summed E-state index contributed by atoms with van der Waals surface area (Å²) in [6.07, 6.45) is 0. The third kappa shape index (κ3) is 4.84. The van der Waals surface area contributed by atoms with Crippen LogP contribution in [-0.4, -0.2) is 0 Å². The van der Waals surface area contributed by atoms with Gasteiger partial charge in [-0.05, 0) is 29.8 Å². The van der Waals surface area contributed by atoms with E-state index in [1.54, 1.807) is 30.3 Å². The summed E-state index contributed by atoms with van der Waals surface area (Å²) < 4.78 is 37.6. The molecule has 0 radical (unpaired) electrons. The summed E-state index contributed by atoms with van der Waals surface area (Å²) in [4.78, 5) is 0. The Balaban J connectivity index is 1.74. The van der Waals surface area contributed by atoms with Crippen LogP contribution in [0.4, 0.5) is 8.78 Å². The van der Waals surface area contributed by atoms with E-state index in [4.69, 9.17) is 32.7 Å². The average molecular weight is 381 g/mol. The Hall–Kier alpha value is -2.30. The second-order valence-electron chi connectivity index (χ2n) is 5.21. The molecule has 3 aromatic carbocycles. The first-order valence-electron chi connectivity index (χ1n) is 7.30. The number of halogens is 4. The van der Waals surface area contributed by atoms with Gasteiger partial charge in [0, 0.05) is 29.3 Å². The zero-order valence-electron chi connectivity index (χ0n) is 12.8. The summed E-state index contributed by atoms with van der Waals surface area (Å²) in [6.45, 7) is 0.287. The molecule has 128 valence electrons. The summed E-state index contributed by atoms with van der Waals surface area (Å²) in [5.41, 5.74) is 0.916. The fourth-order valence-electron chi connectivity index (χ4n) is 2.12. The molecule has 0 aliphatic heterocycles. The van der Waals surface area contributed by atoms with Crippen LogP contribution in [0.5, 0.6) is 17.2 Å². The molecule has 0 saturated heterocycles. The summed E-state index contributed by atoms with van der Waals surface area (Å²) >= 11 is 12.0. The van der Waals surface area contributed by atoms with Crippen LogP contribution >= 0.6 is 23.2 Å². The number of benzene rings is 3. The van der Waals surface area contributed by atoms with Crippen molar-refractivity contribution >= 4 is 23.2 Å². The van der Waals surface area contributed by atoms with Crippen molar-refractivity contribution in [3.8, 4) is 17.2 Å². The Morgan fingerprint density at radius 1 is 0.760 bits per heavy atom. The normalized spacial score (nSPS) is 10.6. The molecule has 0 atom stereocenters. The van der Waals surface area contributed by atoms with Gasteiger partial charge in [-0.15, -0.1) is 0 Å². The highest BCUT2D eigenvalue weighted by molar-refractivity contribution is 6.32. The molecule has 6 heteroatoms. The van der Waals surface area contributed by atoms with E-state index in [2.05, 4.69) is 0 Å².